The van der Waals surface area contributed by atoms with Gasteiger partial charge < -0.3 is 9.84 Å². The number of aromatic hydroxyl groups is 1. The number of hydrogen-bond donors (Lipinski definition) is 1. The predicted molar refractivity (Wildman–Crippen MR) is 126 cm³/mol. The molecule has 180 valence electrons. The number of likely N-dealkylation sites (N-methyl/N-ethyl adjacent to an activating group) is 1. The van der Waals surface area contributed by atoms with Gasteiger partial charge in [-0.3, -0.25) is 9.21 Å². The molecule has 9 heteroatoms. The summed E-state index contributed by atoms with van der Waals surface area (Å²) in [6, 6.07) is 11.3. The molecule has 0 aromatic heterocycles. The Labute approximate surface area is 195 Å². The molecule has 4 rings (SSSR count). The van der Waals surface area contributed by atoms with Crippen LogP contribution in [0.3, 0.4) is 0 Å². The van der Waals surface area contributed by atoms with Crippen molar-refractivity contribution in [1.29, 1.82) is 0 Å². The van der Waals surface area contributed by atoms with E-state index in [1.54, 1.807) is 25.2 Å². The highest BCUT2D eigenvalue weighted by Crippen LogP contribution is 2.44. The van der Waals surface area contributed by atoms with E-state index in [0.29, 0.717) is 43.9 Å². The largest absolute Gasteiger partial charge is 0.504 e. The Bertz CT molecular complexity index is 1130. The Morgan fingerprint density at radius 2 is 2.00 bits per heavy atom. The summed E-state index contributed by atoms with van der Waals surface area (Å²) in [5.41, 5.74) is 0.761. The minimum atomic E-state index is -3.73. The average molecular weight is 478 g/mol. The van der Waals surface area contributed by atoms with Crippen molar-refractivity contribution in [2.24, 2.45) is 0 Å². The SMILES string of the molecule is CC(C)Oc1cc(CN2CC[C@@]3(C[C@@H]2C)CN(C)S(=O)(=O)N3c2cccc(F)c2)ccc1O. The third-order valence-electron chi connectivity index (χ3n) is 6.55. The molecule has 0 aliphatic carbocycles. The Morgan fingerprint density at radius 3 is 2.67 bits per heavy atom. The van der Waals surface area contributed by atoms with E-state index in [9.17, 15) is 17.9 Å². The van der Waals surface area contributed by atoms with Crippen LogP contribution in [-0.2, 0) is 16.8 Å². The number of ether oxygens (including phenoxy) is 1. The van der Waals surface area contributed by atoms with Crippen molar-refractivity contribution in [3.05, 3.63) is 53.8 Å². The fourth-order valence-electron chi connectivity index (χ4n) is 5.11. The summed E-state index contributed by atoms with van der Waals surface area (Å²) in [6.45, 7) is 7.65. The van der Waals surface area contributed by atoms with Crippen molar-refractivity contribution in [2.75, 3.05) is 24.4 Å². The number of halogens is 1. The Hall–Kier alpha value is -2.36. The summed E-state index contributed by atoms with van der Waals surface area (Å²) in [5.74, 6) is 0.122. The van der Waals surface area contributed by atoms with E-state index in [1.165, 1.54) is 20.7 Å². The topological polar surface area (TPSA) is 73.3 Å². The van der Waals surface area contributed by atoms with Gasteiger partial charge in [-0.1, -0.05) is 12.1 Å². The quantitative estimate of drug-likeness (QED) is 0.710. The first kappa shape index (κ1) is 23.8. The number of rotatable bonds is 5. The molecule has 2 aromatic carbocycles. The monoisotopic (exact) mass is 477 g/mol. The normalized spacial score (nSPS) is 25.8. The predicted octanol–water partition coefficient (Wildman–Crippen LogP) is 3.74. The van der Waals surface area contributed by atoms with Gasteiger partial charge in [0.25, 0.3) is 0 Å². The lowest BCUT2D eigenvalue weighted by atomic mass is 9.82. The van der Waals surface area contributed by atoms with Crippen LogP contribution in [0.2, 0.25) is 0 Å². The number of anilines is 1. The van der Waals surface area contributed by atoms with Crippen LogP contribution in [0.4, 0.5) is 10.1 Å². The summed E-state index contributed by atoms with van der Waals surface area (Å²) >= 11 is 0. The maximum Gasteiger partial charge on any atom is 0.304 e. The van der Waals surface area contributed by atoms with Crippen LogP contribution in [0, 0.1) is 5.82 Å². The van der Waals surface area contributed by atoms with Crippen molar-refractivity contribution >= 4 is 15.9 Å². The number of piperidine rings is 1. The minimum Gasteiger partial charge on any atom is -0.504 e. The van der Waals surface area contributed by atoms with Crippen molar-refractivity contribution < 1.29 is 22.7 Å². The van der Waals surface area contributed by atoms with Crippen molar-refractivity contribution in [3.8, 4) is 11.5 Å². The van der Waals surface area contributed by atoms with Gasteiger partial charge in [0.2, 0.25) is 0 Å². The lowest BCUT2D eigenvalue weighted by Gasteiger charge is -2.47. The van der Waals surface area contributed by atoms with E-state index in [0.717, 1.165) is 5.56 Å². The molecule has 2 saturated heterocycles. The highest BCUT2D eigenvalue weighted by molar-refractivity contribution is 7.90. The zero-order valence-electron chi connectivity index (χ0n) is 19.5. The molecular weight excluding hydrogens is 445 g/mol. The zero-order valence-corrected chi connectivity index (χ0v) is 20.3. The standard InChI is InChI=1S/C24H32FN3O4S/c1-17(2)32-23-12-19(8-9-22(23)29)15-27-11-10-24(14-18(27)3)16-26(4)33(30,31)28(24)21-7-5-6-20(25)13-21/h5-9,12-13,17-18,29H,10-11,14-16H2,1-4H3/t18-,24+/m0/s1. The Balaban J connectivity index is 1.57. The fourth-order valence-corrected chi connectivity index (χ4v) is 6.88. The van der Waals surface area contributed by atoms with Gasteiger partial charge in [-0.2, -0.15) is 12.7 Å². The maximum atomic E-state index is 14.0. The number of likely N-dealkylation sites (tertiary alicyclic amines) is 1. The van der Waals surface area contributed by atoms with Gasteiger partial charge in [0.1, 0.15) is 5.82 Å². The second-order valence-electron chi connectivity index (χ2n) is 9.47. The van der Waals surface area contributed by atoms with E-state index in [4.69, 9.17) is 4.74 Å². The van der Waals surface area contributed by atoms with Crippen LogP contribution >= 0.6 is 0 Å². The number of phenols is 1. The molecule has 2 atom stereocenters. The molecule has 0 bridgehead atoms. The average Bonchev–Trinajstić information content (AvgIpc) is 2.91. The van der Waals surface area contributed by atoms with Crippen LogP contribution < -0.4 is 9.04 Å². The van der Waals surface area contributed by atoms with E-state index < -0.39 is 21.6 Å². The number of benzene rings is 2. The second kappa shape index (κ2) is 8.77. The van der Waals surface area contributed by atoms with Crippen LogP contribution in [0.25, 0.3) is 0 Å². The number of nitrogens with zero attached hydrogens (tertiary/aromatic N) is 3. The molecule has 7 nitrogen and oxygen atoms in total. The summed E-state index contributed by atoms with van der Waals surface area (Å²) in [5, 5.41) is 10.1. The van der Waals surface area contributed by atoms with Crippen LogP contribution in [0.1, 0.15) is 39.2 Å². The summed E-state index contributed by atoms with van der Waals surface area (Å²) < 4.78 is 48.9. The van der Waals surface area contributed by atoms with Gasteiger partial charge in [0.15, 0.2) is 11.5 Å². The molecule has 2 aromatic rings. The Morgan fingerprint density at radius 1 is 1.24 bits per heavy atom. The highest BCUT2D eigenvalue weighted by atomic mass is 32.2. The smallest absolute Gasteiger partial charge is 0.304 e. The first-order chi connectivity index (χ1) is 15.5. The molecule has 2 fully saturated rings. The minimum absolute atomic E-state index is 0.0463. The second-order valence-corrected chi connectivity index (χ2v) is 11.4. The summed E-state index contributed by atoms with van der Waals surface area (Å²) in [4.78, 5) is 2.31. The Kier molecular flexibility index (Phi) is 6.32. The maximum absolute atomic E-state index is 14.0. The van der Waals surface area contributed by atoms with Gasteiger partial charge in [0.05, 0.1) is 17.3 Å². The molecule has 0 amide bonds. The molecule has 0 unspecified atom stereocenters. The third-order valence-corrected chi connectivity index (χ3v) is 8.53. The number of phenolic OH excluding ortho intramolecular Hbond substituents is 1. The molecule has 1 N–H and O–H groups in total. The molecule has 2 aliphatic rings. The van der Waals surface area contributed by atoms with Gasteiger partial charge in [-0.15, -0.1) is 0 Å². The van der Waals surface area contributed by atoms with Crippen LogP contribution in [0.5, 0.6) is 11.5 Å². The van der Waals surface area contributed by atoms with Gasteiger partial charge in [-0.25, -0.2) is 4.39 Å². The van der Waals surface area contributed by atoms with E-state index >= 15 is 0 Å². The van der Waals surface area contributed by atoms with Crippen molar-refractivity contribution in [2.45, 2.75) is 57.8 Å². The molecule has 2 heterocycles. The van der Waals surface area contributed by atoms with E-state index in [1.807, 2.05) is 26.0 Å². The molecule has 33 heavy (non-hydrogen) atoms. The fraction of sp³-hybridized carbons (Fsp3) is 0.500. The number of hydrogen-bond acceptors (Lipinski definition) is 5. The summed E-state index contributed by atoms with van der Waals surface area (Å²) in [7, 11) is -2.14. The van der Waals surface area contributed by atoms with Gasteiger partial charge in [0, 0.05) is 32.7 Å². The zero-order chi connectivity index (χ0) is 24.0. The molecule has 0 radical (unpaired) electrons. The van der Waals surface area contributed by atoms with Crippen molar-refractivity contribution in [1.82, 2.24) is 9.21 Å². The molecule has 2 aliphatic heterocycles. The van der Waals surface area contributed by atoms with Crippen LogP contribution in [0.15, 0.2) is 42.5 Å². The highest BCUT2D eigenvalue weighted by Gasteiger charge is 2.55. The third kappa shape index (κ3) is 4.54. The van der Waals surface area contributed by atoms with Crippen LogP contribution in [-0.4, -0.2) is 60.6 Å². The molecule has 0 saturated carbocycles. The van der Waals surface area contributed by atoms with E-state index in [-0.39, 0.29) is 17.9 Å². The lowest BCUT2D eigenvalue weighted by molar-refractivity contribution is 0.100. The molecule has 1 spiro atoms. The summed E-state index contributed by atoms with van der Waals surface area (Å²) in [6.07, 6.45) is 1.21. The lowest BCUT2D eigenvalue weighted by Crippen LogP contribution is -2.57. The van der Waals surface area contributed by atoms with Crippen molar-refractivity contribution in [3.63, 3.8) is 0 Å². The first-order valence-electron chi connectivity index (χ1n) is 11.3. The van der Waals surface area contributed by atoms with E-state index in [2.05, 4.69) is 11.8 Å². The van der Waals surface area contributed by atoms with Gasteiger partial charge >= 0.3 is 10.2 Å². The molecular formula is C24H32FN3O4S. The van der Waals surface area contributed by atoms with Gasteiger partial charge in [-0.05, 0) is 69.5 Å². The first-order valence-corrected chi connectivity index (χ1v) is 12.7.